The number of hydrogen-bond donors (Lipinski definition) is 2. The first-order valence-corrected chi connectivity index (χ1v) is 8.11. The van der Waals surface area contributed by atoms with Crippen molar-refractivity contribution in [2.24, 2.45) is 0 Å². The quantitative estimate of drug-likeness (QED) is 0.704. The van der Waals surface area contributed by atoms with Crippen molar-refractivity contribution in [1.29, 1.82) is 0 Å². The summed E-state index contributed by atoms with van der Waals surface area (Å²) in [5, 5.41) is 7.19. The normalized spacial score (nSPS) is 10.7. The Balaban J connectivity index is 1.60. The van der Waals surface area contributed by atoms with Crippen molar-refractivity contribution in [2.75, 3.05) is 18.4 Å². The lowest BCUT2D eigenvalue weighted by Gasteiger charge is -2.08. The first kappa shape index (κ1) is 15.4. The average molecular weight is 327 g/mol. The fourth-order valence-electron chi connectivity index (χ4n) is 2.27. The fraction of sp³-hybridized carbons (Fsp3) is 0.250. The summed E-state index contributed by atoms with van der Waals surface area (Å²) in [5.74, 6) is 0.683. The van der Waals surface area contributed by atoms with Gasteiger partial charge in [-0.25, -0.2) is 9.97 Å². The summed E-state index contributed by atoms with van der Waals surface area (Å²) in [6.45, 7) is 5.25. The van der Waals surface area contributed by atoms with Crippen molar-refractivity contribution in [3.8, 4) is 0 Å². The first-order chi connectivity index (χ1) is 11.2. The molecule has 23 heavy (non-hydrogen) atoms. The Morgan fingerprint density at radius 1 is 1.26 bits per heavy atom. The summed E-state index contributed by atoms with van der Waals surface area (Å²) < 4.78 is 0. The summed E-state index contributed by atoms with van der Waals surface area (Å²) in [4.78, 5) is 26.7. The second-order valence-corrected chi connectivity index (χ2v) is 6.31. The van der Waals surface area contributed by atoms with Crippen LogP contribution >= 0.6 is 11.3 Å². The lowest BCUT2D eigenvalue weighted by atomic mass is 10.2. The highest BCUT2D eigenvalue weighted by Gasteiger charge is 2.11. The van der Waals surface area contributed by atoms with Crippen molar-refractivity contribution in [3.63, 3.8) is 0 Å². The highest BCUT2D eigenvalue weighted by molar-refractivity contribution is 7.18. The van der Waals surface area contributed by atoms with Gasteiger partial charge in [-0.1, -0.05) is 0 Å². The van der Waals surface area contributed by atoms with Gasteiger partial charge in [-0.3, -0.25) is 9.78 Å². The standard InChI is InChI=1S/C16H17N5OS/c1-10-11(2)23-16-13(10)14(20-9-21-16)18-6-7-19-15(22)12-4-3-5-17-8-12/h3-5,8-9H,6-7H2,1-2H3,(H,19,22)(H,18,20,21). The molecule has 0 saturated heterocycles. The van der Waals surface area contributed by atoms with Gasteiger partial charge in [-0.15, -0.1) is 11.3 Å². The zero-order chi connectivity index (χ0) is 16.2. The van der Waals surface area contributed by atoms with Crippen LogP contribution in [0.5, 0.6) is 0 Å². The molecule has 7 heteroatoms. The third kappa shape index (κ3) is 3.29. The average Bonchev–Trinajstić information content (AvgIpc) is 2.87. The minimum absolute atomic E-state index is 0.129. The van der Waals surface area contributed by atoms with Crippen molar-refractivity contribution in [1.82, 2.24) is 20.3 Å². The number of fused-ring (bicyclic) bond motifs is 1. The van der Waals surface area contributed by atoms with E-state index >= 15 is 0 Å². The van der Waals surface area contributed by atoms with E-state index in [0.717, 1.165) is 16.0 Å². The monoisotopic (exact) mass is 327 g/mol. The Kier molecular flexibility index (Phi) is 4.47. The topological polar surface area (TPSA) is 79.8 Å². The number of rotatable bonds is 5. The number of anilines is 1. The summed E-state index contributed by atoms with van der Waals surface area (Å²) >= 11 is 1.67. The molecule has 6 nitrogen and oxygen atoms in total. The summed E-state index contributed by atoms with van der Waals surface area (Å²) in [7, 11) is 0. The van der Waals surface area contributed by atoms with Crippen molar-refractivity contribution >= 4 is 33.3 Å². The van der Waals surface area contributed by atoms with E-state index in [0.29, 0.717) is 18.7 Å². The van der Waals surface area contributed by atoms with E-state index in [9.17, 15) is 4.79 Å². The highest BCUT2D eigenvalue weighted by atomic mass is 32.1. The number of carbonyl (C=O) groups excluding carboxylic acids is 1. The second-order valence-electron chi connectivity index (χ2n) is 5.11. The molecule has 3 aromatic heterocycles. The summed E-state index contributed by atoms with van der Waals surface area (Å²) in [5.41, 5.74) is 1.76. The molecule has 0 unspecified atom stereocenters. The van der Waals surface area contributed by atoms with Crippen LogP contribution in [0.25, 0.3) is 10.2 Å². The second kappa shape index (κ2) is 6.70. The predicted molar refractivity (Wildman–Crippen MR) is 91.9 cm³/mol. The molecule has 0 aliphatic heterocycles. The molecule has 0 spiro atoms. The van der Waals surface area contributed by atoms with E-state index in [1.165, 1.54) is 10.4 Å². The number of nitrogens with one attached hydrogen (secondary N) is 2. The van der Waals surface area contributed by atoms with Crippen molar-refractivity contribution in [3.05, 3.63) is 46.9 Å². The minimum atomic E-state index is -0.129. The molecule has 0 aliphatic rings. The lowest BCUT2D eigenvalue weighted by molar-refractivity contribution is 0.0955. The molecular formula is C16H17N5OS. The van der Waals surface area contributed by atoms with Gasteiger partial charge >= 0.3 is 0 Å². The molecule has 3 aromatic rings. The van der Waals surface area contributed by atoms with Gasteiger partial charge < -0.3 is 10.6 Å². The van der Waals surface area contributed by atoms with Gasteiger partial charge in [-0.05, 0) is 31.5 Å². The van der Waals surface area contributed by atoms with Crippen LogP contribution in [0.2, 0.25) is 0 Å². The van der Waals surface area contributed by atoms with Crippen LogP contribution in [0.15, 0.2) is 30.9 Å². The Morgan fingerprint density at radius 3 is 2.91 bits per heavy atom. The maximum atomic E-state index is 11.9. The minimum Gasteiger partial charge on any atom is -0.368 e. The molecule has 118 valence electrons. The van der Waals surface area contributed by atoms with Gasteiger partial charge in [0, 0.05) is 30.4 Å². The summed E-state index contributed by atoms with van der Waals surface area (Å²) in [6.07, 6.45) is 4.76. The van der Waals surface area contributed by atoms with E-state index < -0.39 is 0 Å². The van der Waals surface area contributed by atoms with Gasteiger partial charge in [0.15, 0.2) is 0 Å². The zero-order valence-corrected chi connectivity index (χ0v) is 13.8. The van der Waals surface area contributed by atoms with Crippen LogP contribution in [0.3, 0.4) is 0 Å². The van der Waals surface area contributed by atoms with E-state index in [1.54, 1.807) is 42.2 Å². The number of thiophene rings is 1. The van der Waals surface area contributed by atoms with Gasteiger partial charge in [-0.2, -0.15) is 0 Å². The number of aromatic nitrogens is 3. The fourth-order valence-corrected chi connectivity index (χ4v) is 3.27. The molecule has 0 radical (unpaired) electrons. The van der Waals surface area contributed by atoms with Gasteiger partial charge in [0.1, 0.15) is 17.0 Å². The van der Waals surface area contributed by atoms with Crippen LogP contribution in [-0.4, -0.2) is 33.9 Å². The maximum absolute atomic E-state index is 11.9. The molecule has 1 amide bonds. The van der Waals surface area contributed by atoms with E-state index in [2.05, 4.69) is 39.4 Å². The number of hydrogen-bond acceptors (Lipinski definition) is 6. The molecule has 0 fully saturated rings. The molecular weight excluding hydrogens is 310 g/mol. The number of amides is 1. The van der Waals surface area contributed by atoms with Gasteiger partial charge in [0.2, 0.25) is 0 Å². The molecule has 0 aromatic carbocycles. The number of pyridine rings is 1. The van der Waals surface area contributed by atoms with Crippen LogP contribution in [0, 0.1) is 13.8 Å². The highest BCUT2D eigenvalue weighted by Crippen LogP contribution is 2.32. The number of carbonyl (C=O) groups is 1. The Labute approximate surface area is 138 Å². The predicted octanol–water partition coefficient (Wildman–Crippen LogP) is 2.55. The Morgan fingerprint density at radius 2 is 2.13 bits per heavy atom. The molecule has 2 N–H and O–H groups in total. The van der Waals surface area contributed by atoms with E-state index in [1.807, 2.05) is 0 Å². The zero-order valence-electron chi connectivity index (χ0n) is 13.0. The van der Waals surface area contributed by atoms with Crippen molar-refractivity contribution in [2.45, 2.75) is 13.8 Å². The van der Waals surface area contributed by atoms with E-state index in [4.69, 9.17) is 0 Å². The molecule has 0 aliphatic carbocycles. The van der Waals surface area contributed by atoms with Crippen LogP contribution < -0.4 is 10.6 Å². The molecule has 3 heterocycles. The first-order valence-electron chi connectivity index (χ1n) is 7.29. The number of aryl methyl sites for hydroxylation is 2. The lowest BCUT2D eigenvalue weighted by Crippen LogP contribution is -2.29. The van der Waals surface area contributed by atoms with Crippen molar-refractivity contribution < 1.29 is 4.79 Å². The van der Waals surface area contributed by atoms with Crippen LogP contribution in [0.1, 0.15) is 20.8 Å². The number of nitrogens with zero attached hydrogens (tertiary/aromatic N) is 3. The van der Waals surface area contributed by atoms with Crippen LogP contribution in [0.4, 0.5) is 5.82 Å². The molecule has 0 bridgehead atoms. The maximum Gasteiger partial charge on any atom is 0.252 e. The smallest absolute Gasteiger partial charge is 0.252 e. The van der Waals surface area contributed by atoms with Gasteiger partial charge in [0.05, 0.1) is 10.9 Å². The molecule has 0 atom stereocenters. The molecule has 3 rings (SSSR count). The van der Waals surface area contributed by atoms with Gasteiger partial charge in [0.25, 0.3) is 5.91 Å². The Bertz CT molecular complexity index is 831. The van der Waals surface area contributed by atoms with E-state index in [-0.39, 0.29) is 5.91 Å². The Hall–Kier alpha value is -2.54. The van der Waals surface area contributed by atoms with Crippen LogP contribution in [-0.2, 0) is 0 Å². The molecule has 0 saturated carbocycles. The summed E-state index contributed by atoms with van der Waals surface area (Å²) in [6, 6.07) is 3.48. The third-order valence-electron chi connectivity index (χ3n) is 3.59. The SMILES string of the molecule is Cc1sc2ncnc(NCCNC(=O)c3cccnc3)c2c1C. The third-order valence-corrected chi connectivity index (χ3v) is 4.71. The largest absolute Gasteiger partial charge is 0.368 e.